The van der Waals surface area contributed by atoms with E-state index in [0.29, 0.717) is 5.02 Å². The standard InChI is InChI=1S/C18H24ClN3O5/c19-13-5-3-11(4-6-13)12(8-16(24)22-15(10-23)18(26)27)9-21-17(25)14-2-1-7-20-14/h3-6,12,14-15,20,23H,1-2,7-10H2,(H,21,25)(H,22,24)(H,26,27). The summed E-state index contributed by atoms with van der Waals surface area (Å²) in [6.07, 6.45) is 1.68. The highest BCUT2D eigenvalue weighted by Crippen LogP contribution is 2.21. The van der Waals surface area contributed by atoms with E-state index in [1.165, 1.54) is 0 Å². The van der Waals surface area contributed by atoms with Crippen molar-refractivity contribution in [3.05, 3.63) is 34.9 Å². The Morgan fingerprint density at radius 1 is 1.26 bits per heavy atom. The van der Waals surface area contributed by atoms with Crippen molar-refractivity contribution in [2.75, 3.05) is 19.7 Å². The van der Waals surface area contributed by atoms with Crippen LogP contribution in [-0.2, 0) is 14.4 Å². The lowest BCUT2D eigenvalue weighted by molar-refractivity contribution is -0.143. The Bertz CT molecular complexity index is 661. The summed E-state index contributed by atoms with van der Waals surface area (Å²) in [4.78, 5) is 35.4. The molecule has 1 aromatic carbocycles. The molecule has 27 heavy (non-hydrogen) atoms. The predicted molar refractivity (Wildman–Crippen MR) is 99.5 cm³/mol. The molecule has 1 saturated heterocycles. The first kappa shape index (κ1) is 21.1. The van der Waals surface area contributed by atoms with Gasteiger partial charge < -0.3 is 26.2 Å². The topological polar surface area (TPSA) is 128 Å². The molecule has 1 aliphatic rings. The molecule has 2 amide bonds. The van der Waals surface area contributed by atoms with Crippen molar-refractivity contribution >= 4 is 29.4 Å². The maximum atomic E-state index is 12.2. The minimum atomic E-state index is -1.36. The Morgan fingerprint density at radius 2 is 1.96 bits per heavy atom. The monoisotopic (exact) mass is 397 g/mol. The van der Waals surface area contributed by atoms with E-state index in [1.54, 1.807) is 24.3 Å². The molecule has 8 nitrogen and oxygen atoms in total. The number of rotatable bonds is 9. The van der Waals surface area contributed by atoms with Gasteiger partial charge in [-0.15, -0.1) is 0 Å². The van der Waals surface area contributed by atoms with Crippen LogP contribution in [0.1, 0.15) is 30.7 Å². The van der Waals surface area contributed by atoms with Crippen LogP contribution in [0, 0.1) is 0 Å². The van der Waals surface area contributed by atoms with E-state index in [1.807, 2.05) is 0 Å². The number of aliphatic hydroxyl groups excluding tert-OH is 1. The molecule has 0 bridgehead atoms. The smallest absolute Gasteiger partial charge is 0.328 e. The molecule has 148 valence electrons. The molecule has 9 heteroatoms. The zero-order valence-corrected chi connectivity index (χ0v) is 15.5. The second-order valence-corrected chi connectivity index (χ2v) is 6.92. The Labute approximate surface area is 162 Å². The van der Waals surface area contributed by atoms with Crippen molar-refractivity contribution in [3.63, 3.8) is 0 Å². The van der Waals surface area contributed by atoms with Crippen LogP contribution in [0.3, 0.4) is 0 Å². The third kappa shape index (κ3) is 6.50. The SMILES string of the molecule is O=C(CC(CNC(=O)C1CCCN1)c1ccc(Cl)cc1)NC(CO)C(=O)O. The summed E-state index contributed by atoms with van der Waals surface area (Å²) in [6, 6.07) is 5.32. The van der Waals surface area contributed by atoms with Crippen LogP contribution in [0.15, 0.2) is 24.3 Å². The molecule has 0 aromatic heterocycles. The third-order valence-corrected chi connectivity index (χ3v) is 4.74. The summed E-state index contributed by atoms with van der Waals surface area (Å²) in [5.41, 5.74) is 0.796. The first-order chi connectivity index (χ1) is 12.9. The minimum Gasteiger partial charge on any atom is -0.480 e. The van der Waals surface area contributed by atoms with Crippen molar-refractivity contribution in [2.24, 2.45) is 0 Å². The van der Waals surface area contributed by atoms with Gasteiger partial charge in [-0.1, -0.05) is 23.7 Å². The number of carboxylic acids is 1. The highest BCUT2D eigenvalue weighted by Gasteiger charge is 2.25. The van der Waals surface area contributed by atoms with Crippen LogP contribution in [0.25, 0.3) is 0 Å². The molecule has 3 unspecified atom stereocenters. The second-order valence-electron chi connectivity index (χ2n) is 6.49. The average molecular weight is 398 g/mol. The molecule has 0 spiro atoms. The highest BCUT2D eigenvalue weighted by molar-refractivity contribution is 6.30. The lowest BCUT2D eigenvalue weighted by Gasteiger charge is -2.20. The zero-order valence-electron chi connectivity index (χ0n) is 14.8. The highest BCUT2D eigenvalue weighted by atomic mass is 35.5. The quantitative estimate of drug-likeness (QED) is 0.406. The van der Waals surface area contributed by atoms with Gasteiger partial charge >= 0.3 is 5.97 Å². The van der Waals surface area contributed by atoms with Gasteiger partial charge in [0.1, 0.15) is 6.04 Å². The van der Waals surface area contributed by atoms with Gasteiger partial charge in [-0.25, -0.2) is 4.79 Å². The van der Waals surface area contributed by atoms with E-state index in [0.717, 1.165) is 24.9 Å². The van der Waals surface area contributed by atoms with Gasteiger partial charge in [0.25, 0.3) is 0 Å². The molecular formula is C18H24ClN3O5. The predicted octanol–water partition coefficient (Wildman–Crippen LogP) is 0.244. The summed E-state index contributed by atoms with van der Waals surface area (Å²) in [5.74, 6) is -2.31. The van der Waals surface area contributed by atoms with Crippen LogP contribution < -0.4 is 16.0 Å². The summed E-state index contributed by atoms with van der Waals surface area (Å²) in [5, 5.41) is 26.8. The number of nitrogens with one attached hydrogen (secondary N) is 3. The molecular weight excluding hydrogens is 374 g/mol. The van der Waals surface area contributed by atoms with E-state index in [9.17, 15) is 14.4 Å². The van der Waals surface area contributed by atoms with Crippen LogP contribution in [-0.4, -0.2) is 59.8 Å². The molecule has 2 rings (SSSR count). The van der Waals surface area contributed by atoms with Crippen molar-refractivity contribution in [1.29, 1.82) is 0 Å². The number of carbonyl (C=O) groups is 3. The molecule has 1 fully saturated rings. The number of hydrogen-bond donors (Lipinski definition) is 5. The van der Waals surface area contributed by atoms with Crippen LogP contribution in [0.2, 0.25) is 5.02 Å². The Kier molecular flexibility index (Phi) is 8.02. The Balaban J connectivity index is 2.02. The fraction of sp³-hybridized carbons (Fsp3) is 0.500. The number of halogens is 1. The van der Waals surface area contributed by atoms with Crippen molar-refractivity contribution < 1.29 is 24.6 Å². The number of amides is 2. The number of hydrogen-bond acceptors (Lipinski definition) is 5. The zero-order chi connectivity index (χ0) is 19.8. The molecule has 5 N–H and O–H groups in total. The van der Waals surface area contributed by atoms with Crippen molar-refractivity contribution in [2.45, 2.75) is 37.3 Å². The first-order valence-corrected chi connectivity index (χ1v) is 9.18. The summed E-state index contributed by atoms with van der Waals surface area (Å²) in [6.45, 7) is 0.332. The van der Waals surface area contributed by atoms with Crippen LogP contribution >= 0.6 is 11.6 Å². The van der Waals surface area contributed by atoms with Gasteiger partial charge in [-0.05, 0) is 37.1 Å². The molecule has 1 heterocycles. The Morgan fingerprint density at radius 3 is 2.52 bits per heavy atom. The van der Waals surface area contributed by atoms with E-state index in [4.69, 9.17) is 21.8 Å². The largest absolute Gasteiger partial charge is 0.480 e. The minimum absolute atomic E-state index is 0.0379. The number of carbonyl (C=O) groups excluding carboxylic acids is 2. The van der Waals surface area contributed by atoms with Crippen LogP contribution in [0.5, 0.6) is 0 Å². The lowest BCUT2D eigenvalue weighted by atomic mass is 9.95. The van der Waals surface area contributed by atoms with Gasteiger partial charge in [0.15, 0.2) is 0 Å². The summed E-state index contributed by atoms with van der Waals surface area (Å²) >= 11 is 5.91. The number of benzene rings is 1. The number of aliphatic hydroxyl groups is 1. The van der Waals surface area contributed by atoms with E-state index >= 15 is 0 Å². The number of carboxylic acid groups (broad SMARTS) is 1. The summed E-state index contributed by atoms with van der Waals surface area (Å²) < 4.78 is 0. The third-order valence-electron chi connectivity index (χ3n) is 4.49. The maximum absolute atomic E-state index is 12.2. The van der Waals surface area contributed by atoms with E-state index in [-0.39, 0.29) is 30.8 Å². The van der Waals surface area contributed by atoms with Gasteiger partial charge in [0.05, 0.1) is 12.6 Å². The molecule has 3 atom stereocenters. The molecule has 1 aromatic rings. The van der Waals surface area contributed by atoms with Crippen molar-refractivity contribution in [3.8, 4) is 0 Å². The van der Waals surface area contributed by atoms with Gasteiger partial charge in [0, 0.05) is 23.9 Å². The normalized spacial score (nSPS) is 18.5. The maximum Gasteiger partial charge on any atom is 0.328 e. The molecule has 0 saturated carbocycles. The molecule has 0 radical (unpaired) electrons. The molecule has 0 aliphatic carbocycles. The number of aliphatic carboxylic acids is 1. The van der Waals surface area contributed by atoms with Crippen LogP contribution in [0.4, 0.5) is 0 Å². The molecule has 1 aliphatic heterocycles. The lowest BCUT2D eigenvalue weighted by Crippen LogP contribution is -2.45. The van der Waals surface area contributed by atoms with Gasteiger partial charge in [-0.3, -0.25) is 9.59 Å². The fourth-order valence-electron chi connectivity index (χ4n) is 2.96. The van der Waals surface area contributed by atoms with E-state index < -0.39 is 24.5 Å². The fourth-order valence-corrected chi connectivity index (χ4v) is 3.09. The van der Waals surface area contributed by atoms with E-state index in [2.05, 4.69) is 16.0 Å². The first-order valence-electron chi connectivity index (χ1n) is 8.80. The van der Waals surface area contributed by atoms with Gasteiger partial charge in [-0.2, -0.15) is 0 Å². The van der Waals surface area contributed by atoms with Crippen molar-refractivity contribution in [1.82, 2.24) is 16.0 Å². The average Bonchev–Trinajstić information content (AvgIpc) is 3.18. The van der Waals surface area contributed by atoms with Gasteiger partial charge in [0.2, 0.25) is 11.8 Å². The summed E-state index contributed by atoms with van der Waals surface area (Å²) in [7, 11) is 0. The second kappa shape index (κ2) is 10.2. The Hall–Kier alpha value is -2.16.